The highest BCUT2D eigenvalue weighted by atomic mass is 31.3. The Morgan fingerprint density at radius 1 is 1.05 bits per heavy atom. The average molecular weight is 317 g/mol. The summed E-state index contributed by atoms with van der Waals surface area (Å²) in [6, 6.07) is 0. The Balaban J connectivity index is 3.77. The maximum atomic E-state index is 11.3. The van der Waals surface area contributed by atoms with Gasteiger partial charge in [-0.2, -0.15) is 14.7 Å². The van der Waals surface area contributed by atoms with Crippen LogP contribution in [0.2, 0.25) is 0 Å². The summed E-state index contributed by atoms with van der Waals surface area (Å²) >= 11 is 0. The molecule has 4 N–H and O–H groups in total. The molecule has 0 aliphatic heterocycles. The van der Waals surface area contributed by atoms with Gasteiger partial charge in [-0.1, -0.05) is 45.4 Å². The van der Waals surface area contributed by atoms with Crippen LogP contribution < -0.4 is 0 Å². The fraction of sp³-hybridized carbons (Fsp3) is 0.900. The van der Waals surface area contributed by atoms with Crippen LogP contribution in [-0.2, 0) is 9.09 Å². The van der Waals surface area contributed by atoms with Gasteiger partial charge in [0.15, 0.2) is 0 Å². The van der Waals surface area contributed by atoms with E-state index in [9.17, 15) is 9.36 Å². The molecule has 0 heterocycles. The van der Waals surface area contributed by atoms with Gasteiger partial charge in [0.2, 0.25) is 0 Å². The van der Waals surface area contributed by atoms with E-state index < -0.39 is 20.8 Å². The summed E-state index contributed by atoms with van der Waals surface area (Å²) < 4.78 is 15.7. The van der Waals surface area contributed by atoms with Crippen molar-refractivity contribution in [2.75, 3.05) is 6.61 Å². The minimum Gasteiger partial charge on any atom is -0.316 e. The van der Waals surface area contributed by atoms with Gasteiger partial charge in [0.05, 0.1) is 6.61 Å². The molecule has 1 unspecified atom stereocenters. The third kappa shape index (κ3) is 8.82. The first-order valence-corrected chi connectivity index (χ1v) is 9.54. The van der Waals surface area contributed by atoms with Crippen molar-refractivity contribution in [3.8, 4) is 0 Å². The molecule has 0 aliphatic rings. The highest BCUT2D eigenvalue weighted by molar-refractivity contribution is 8.00. The van der Waals surface area contributed by atoms with E-state index >= 15 is 0 Å². The van der Waals surface area contributed by atoms with Crippen molar-refractivity contribution in [3.05, 3.63) is 0 Å². The molecule has 0 aromatic heterocycles. The molecule has 19 heavy (non-hydrogen) atoms. The number of carbonyl (C=O) groups is 1. The molecule has 0 aliphatic carbocycles. The van der Waals surface area contributed by atoms with E-state index in [4.69, 9.17) is 19.6 Å². The topological polar surface area (TPSA) is 124 Å². The molecular formula is C10H23O7P2+. The minimum atomic E-state index is -4.98. The fourth-order valence-corrected chi connectivity index (χ4v) is 3.49. The van der Waals surface area contributed by atoms with Gasteiger partial charge in [0, 0.05) is 0 Å². The zero-order valence-electron chi connectivity index (χ0n) is 11.1. The Labute approximate surface area is 113 Å². The van der Waals surface area contributed by atoms with Gasteiger partial charge in [0.25, 0.3) is 0 Å². The third-order valence-electron chi connectivity index (χ3n) is 2.51. The summed E-state index contributed by atoms with van der Waals surface area (Å²) in [6.45, 7) is 1.99. The lowest BCUT2D eigenvalue weighted by molar-refractivity contribution is 0.229. The number of hydrogen-bond donors (Lipinski definition) is 4. The van der Waals surface area contributed by atoms with Crippen LogP contribution >= 0.6 is 15.5 Å². The van der Waals surface area contributed by atoms with Gasteiger partial charge < -0.3 is 9.42 Å². The monoisotopic (exact) mass is 317 g/mol. The van der Waals surface area contributed by atoms with E-state index in [0.29, 0.717) is 6.42 Å². The number of rotatable bonds is 11. The van der Waals surface area contributed by atoms with Crippen molar-refractivity contribution in [2.24, 2.45) is 0 Å². The molecule has 1 atom stereocenters. The minimum absolute atomic E-state index is 0.132. The summed E-state index contributed by atoms with van der Waals surface area (Å²) in [6.07, 6.45) is 6.86. The first-order chi connectivity index (χ1) is 8.72. The zero-order chi connectivity index (χ0) is 14.9. The molecule has 9 heteroatoms. The predicted molar refractivity (Wildman–Crippen MR) is 72.7 cm³/mol. The summed E-state index contributed by atoms with van der Waals surface area (Å²) in [5.41, 5.74) is 0. The lowest BCUT2D eigenvalue weighted by Crippen LogP contribution is -2.07. The first kappa shape index (κ1) is 19.1. The highest BCUT2D eigenvalue weighted by Gasteiger charge is 2.56. The van der Waals surface area contributed by atoms with Crippen LogP contribution in [0.15, 0.2) is 0 Å². The van der Waals surface area contributed by atoms with Gasteiger partial charge in [-0.3, -0.25) is 0 Å². The second kappa shape index (κ2) is 9.14. The molecule has 0 saturated carbocycles. The van der Waals surface area contributed by atoms with E-state index in [-0.39, 0.29) is 6.61 Å². The van der Waals surface area contributed by atoms with Crippen molar-refractivity contribution in [2.45, 2.75) is 51.9 Å². The number of carbonyl (C=O) groups excluding carboxylic acids is 1. The second-order valence-corrected chi connectivity index (χ2v) is 7.93. The van der Waals surface area contributed by atoms with Crippen molar-refractivity contribution in [3.63, 3.8) is 0 Å². The fourth-order valence-electron chi connectivity index (χ4n) is 1.47. The number of unbranched alkanes of at least 4 members (excludes halogenated alkanes) is 6. The lowest BCUT2D eigenvalue weighted by atomic mass is 10.1. The second-order valence-electron chi connectivity index (χ2n) is 4.33. The molecule has 0 rings (SSSR count). The average Bonchev–Trinajstić information content (AvgIpc) is 2.30. The van der Waals surface area contributed by atoms with Gasteiger partial charge in [0.1, 0.15) is 0 Å². The predicted octanol–water partition coefficient (Wildman–Crippen LogP) is 2.80. The molecule has 114 valence electrons. The van der Waals surface area contributed by atoms with E-state index in [1.807, 2.05) is 0 Å². The van der Waals surface area contributed by atoms with Crippen LogP contribution in [0.3, 0.4) is 0 Å². The molecule has 0 fully saturated rings. The van der Waals surface area contributed by atoms with Crippen molar-refractivity contribution in [1.82, 2.24) is 0 Å². The standard InChI is InChI=1S/C10H22O7P2/c1-2-3-4-5-6-7-8-9-17-19(15,16)10(11)18(12,13)14/h12-14H,2-9H2,1H3/p+1. The molecule has 0 bridgehead atoms. The van der Waals surface area contributed by atoms with Crippen molar-refractivity contribution in [1.29, 1.82) is 0 Å². The molecule has 0 amide bonds. The summed E-state index contributed by atoms with van der Waals surface area (Å²) in [5, 5.41) is -1.93. The van der Waals surface area contributed by atoms with Gasteiger partial charge in [-0.25, -0.2) is 9.36 Å². The van der Waals surface area contributed by atoms with E-state index in [1.54, 1.807) is 0 Å². The lowest BCUT2D eigenvalue weighted by Gasteiger charge is -2.09. The third-order valence-corrected chi connectivity index (χ3v) is 5.61. The van der Waals surface area contributed by atoms with E-state index in [1.165, 1.54) is 6.42 Å². The molecule has 0 saturated heterocycles. The van der Waals surface area contributed by atoms with E-state index in [0.717, 1.165) is 32.1 Å². The van der Waals surface area contributed by atoms with E-state index in [2.05, 4.69) is 11.4 Å². The van der Waals surface area contributed by atoms with Crippen molar-refractivity contribution < 1.29 is 33.5 Å². The Kier molecular flexibility index (Phi) is 9.20. The van der Waals surface area contributed by atoms with Gasteiger partial charge >= 0.3 is 20.8 Å². The summed E-state index contributed by atoms with van der Waals surface area (Å²) in [7, 11) is -9.79. The van der Waals surface area contributed by atoms with Crippen LogP contribution in [0.5, 0.6) is 0 Å². The first-order valence-electron chi connectivity index (χ1n) is 6.31. The number of hydrogen-bond acceptors (Lipinski definition) is 6. The smallest absolute Gasteiger partial charge is 0.316 e. The van der Waals surface area contributed by atoms with Crippen LogP contribution in [0.4, 0.5) is 4.79 Å². The Morgan fingerprint density at radius 3 is 2.00 bits per heavy atom. The Bertz CT molecular complexity index is 313. The van der Waals surface area contributed by atoms with Gasteiger partial charge in [-0.15, -0.1) is 0 Å². The van der Waals surface area contributed by atoms with Crippen molar-refractivity contribution >= 4 is 20.8 Å². The maximum Gasteiger partial charge on any atom is 0.492 e. The molecular weight excluding hydrogens is 294 g/mol. The van der Waals surface area contributed by atoms with Gasteiger partial charge in [-0.05, 0) is 6.42 Å². The van der Waals surface area contributed by atoms with Crippen LogP contribution in [0, 0.1) is 0 Å². The van der Waals surface area contributed by atoms with Crippen LogP contribution in [0.1, 0.15) is 51.9 Å². The Morgan fingerprint density at radius 2 is 1.53 bits per heavy atom. The summed E-state index contributed by atoms with van der Waals surface area (Å²) in [4.78, 5) is 45.9. The highest BCUT2D eigenvalue weighted by Crippen LogP contribution is 2.62. The molecule has 0 spiro atoms. The SMILES string of the molecule is CCCCCCCCCOP(=O)(O)C(=O)[P+](O)(O)O. The van der Waals surface area contributed by atoms with Crippen LogP contribution in [0.25, 0.3) is 0 Å². The molecule has 7 nitrogen and oxygen atoms in total. The maximum absolute atomic E-state index is 11.3. The Hall–Kier alpha value is 0.130. The zero-order valence-corrected chi connectivity index (χ0v) is 12.9. The quantitative estimate of drug-likeness (QED) is 0.341. The van der Waals surface area contributed by atoms with Crippen LogP contribution in [-0.4, -0.2) is 31.4 Å². The summed E-state index contributed by atoms with van der Waals surface area (Å²) in [5.74, 6) is 0. The molecule has 0 aromatic carbocycles. The molecule has 0 aromatic rings. The normalized spacial score (nSPS) is 15.2. The molecule has 0 radical (unpaired) electrons. The largest absolute Gasteiger partial charge is 0.492 e.